The van der Waals surface area contributed by atoms with Crippen LogP contribution in [0.15, 0.2) is 30.1 Å². The number of pyridine rings is 1. The van der Waals surface area contributed by atoms with Crippen molar-refractivity contribution < 1.29 is 9.18 Å². The second kappa shape index (κ2) is 6.26. The number of amides is 1. The Morgan fingerprint density at radius 2 is 2.44 bits per heavy atom. The summed E-state index contributed by atoms with van der Waals surface area (Å²) >= 11 is 0. The van der Waals surface area contributed by atoms with Crippen LogP contribution in [0.3, 0.4) is 0 Å². The van der Waals surface area contributed by atoms with E-state index in [2.05, 4.69) is 21.7 Å². The molecule has 96 valence electrons. The van der Waals surface area contributed by atoms with Crippen LogP contribution in [0.1, 0.15) is 23.2 Å². The third-order valence-electron chi connectivity index (χ3n) is 2.91. The van der Waals surface area contributed by atoms with Crippen molar-refractivity contribution in [3.05, 3.63) is 41.5 Å². The number of halogens is 1. The fraction of sp³-hybridized carbons (Fsp3) is 0.385. The van der Waals surface area contributed by atoms with Gasteiger partial charge in [0.25, 0.3) is 5.91 Å². The molecular formula is C13H16FN3O. The van der Waals surface area contributed by atoms with Crippen LogP contribution in [0.2, 0.25) is 0 Å². The van der Waals surface area contributed by atoms with E-state index in [-0.39, 0.29) is 11.5 Å². The summed E-state index contributed by atoms with van der Waals surface area (Å²) in [5, 5.41) is 5.95. The summed E-state index contributed by atoms with van der Waals surface area (Å²) in [5.74, 6) is -0.972. The highest BCUT2D eigenvalue weighted by Gasteiger charge is 2.10. The first-order valence-corrected chi connectivity index (χ1v) is 6.03. The van der Waals surface area contributed by atoms with E-state index in [1.807, 2.05) is 0 Å². The molecule has 5 heteroatoms. The van der Waals surface area contributed by atoms with Crippen molar-refractivity contribution in [3.8, 4) is 0 Å². The SMILES string of the molecule is O=C(NCCC1=CCNCC1)c1ccncc1F. The number of hydrogen-bond donors (Lipinski definition) is 2. The van der Waals surface area contributed by atoms with Crippen molar-refractivity contribution in [1.82, 2.24) is 15.6 Å². The Labute approximate surface area is 105 Å². The number of aromatic nitrogens is 1. The van der Waals surface area contributed by atoms with Gasteiger partial charge in [-0.05, 0) is 25.5 Å². The van der Waals surface area contributed by atoms with Gasteiger partial charge in [-0.1, -0.05) is 11.6 Å². The first kappa shape index (κ1) is 12.7. The minimum Gasteiger partial charge on any atom is -0.352 e. The zero-order valence-electron chi connectivity index (χ0n) is 10.1. The van der Waals surface area contributed by atoms with E-state index in [1.54, 1.807) is 0 Å². The number of nitrogens with one attached hydrogen (secondary N) is 2. The molecule has 0 aliphatic carbocycles. The summed E-state index contributed by atoms with van der Waals surface area (Å²) < 4.78 is 13.3. The molecule has 0 atom stereocenters. The van der Waals surface area contributed by atoms with Crippen LogP contribution in [-0.4, -0.2) is 30.5 Å². The molecule has 4 nitrogen and oxygen atoms in total. The van der Waals surface area contributed by atoms with Crippen molar-refractivity contribution >= 4 is 5.91 Å². The number of hydrogen-bond acceptors (Lipinski definition) is 3. The molecule has 0 spiro atoms. The number of carbonyl (C=O) groups excluding carboxylic acids is 1. The maximum atomic E-state index is 13.3. The molecule has 0 bridgehead atoms. The van der Waals surface area contributed by atoms with Gasteiger partial charge in [-0.15, -0.1) is 0 Å². The van der Waals surface area contributed by atoms with Gasteiger partial charge in [0.2, 0.25) is 0 Å². The summed E-state index contributed by atoms with van der Waals surface area (Å²) in [4.78, 5) is 15.3. The predicted octanol–water partition coefficient (Wildman–Crippen LogP) is 1.26. The number of carbonyl (C=O) groups is 1. The van der Waals surface area contributed by atoms with Gasteiger partial charge in [0.1, 0.15) is 0 Å². The first-order valence-electron chi connectivity index (χ1n) is 6.03. The monoisotopic (exact) mass is 249 g/mol. The van der Waals surface area contributed by atoms with Crippen LogP contribution in [0.4, 0.5) is 4.39 Å². The molecular weight excluding hydrogens is 233 g/mol. The second-order valence-corrected chi connectivity index (χ2v) is 4.18. The van der Waals surface area contributed by atoms with E-state index < -0.39 is 5.82 Å². The van der Waals surface area contributed by atoms with Gasteiger partial charge in [0, 0.05) is 19.3 Å². The van der Waals surface area contributed by atoms with Gasteiger partial charge in [-0.2, -0.15) is 0 Å². The van der Waals surface area contributed by atoms with Crippen LogP contribution < -0.4 is 10.6 Å². The molecule has 0 saturated heterocycles. The average molecular weight is 249 g/mol. The summed E-state index contributed by atoms with van der Waals surface area (Å²) in [7, 11) is 0. The predicted molar refractivity (Wildman–Crippen MR) is 66.7 cm³/mol. The van der Waals surface area contributed by atoms with Crippen molar-refractivity contribution in [2.75, 3.05) is 19.6 Å². The highest BCUT2D eigenvalue weighted by atomic mass is 19.1. The highest BCUT2D eigenvalue weighted by molar-refractivity contribution is 5.94. The molecule has 0 saturated carbocycles. The molecule has 2 rings (SSSR count). The van der Waals surface area contributed by atoms with Gasteiger partial charge in [0.15, 0.2) is 5.82 Å². The van der Waals surface area contributed by atoms with Gasteiger partial charge >= 0.3 is 0 Å². The van der Waals surface area contributed by atoms with Crippen molar-refractivity contribution in [3.63, 3.8) is 0 Å². The Hall–Kier alpha value is -1.75. The molecule has 1 aliphatic rings. The minimum absolute atomic E-state index is 0.0456. The van der Waals surface area contributed by atoms with Gasteiger partial charge < -0.3 is 10.6 Å². The Balaban J connectivity index is 1.82. The van der Waals surface area contributed by atoms with Crippen LogP contribution in [0.25, 0.3) is 0 Å². The van der Waals surface area contributed by atoms with Crippen LogP contribution >= 0.6 is 0 Å². The third-order valence-corrected chi connectivity index (χ3v) is 2.91. The lowest BCUT2D eigenvalue weighted by atomic mass is 10.1. The minimum atomic E-state index is -0.587. The van der Waals surface area contributed by atoms with E-state index in [9.17, 15) is 9.18 Å². The average Bonchev–Trinajstić information content (AvgIpc) is 2.40. The molecule has 2 heterocycles. The van der Waals surface area contributed by atoms with Crippen LogP contribution in [0.5, 0.6) is 0 Å². The summed E-state index contributed by atoms with van der Waals surface area (Å²) in [6.45, 7) is 2.41. The first-order chi connectivity index (χ1) is 8.77. The fourth-order valence-electron chi connectivity index (χ4n) is 1.89. The Kier molecular flexibility index (Phi) is 4.41. The molecule has 1 aromatic heterocycles. The fourth-order valence-corrected chi connectivity index (χ4v) is 1.89. The molecule has 1 aliphatic heterocycles. The highest BCUT2D eigenvalue weighted by Crippen LogP contribution is 2.08. The summed E-state index contributed by atoms with van der Waals surface area (Å²) in [5.41, 5.74) is 1.38. The van der Waals surface area contributed by atoms with E-state index >= 15 is 0 Å². The molecule has 1 amide bonds. The summed E-state index contributed by atoms with van der Waals surface area (Å²) in [6, 6.07) is 1.38. The lowest BCUT2D eigenvalue weighted by Gasteiger charge is -2.14. The van der Waals surface area contributed by atoms with E-state index in [4.69, 9.17) is 0 Å². The lowest BCUT2D eigenvalue weighted by molar-refractivity contribution is 0.0950. The lowest BCUT2D eigenvalue weighted by Crippen LogP contribution is -2.27. The zero-order valence-corrected chi connectivity index (χ0v) is 10.1. The molecule has 1 aromatic rings. The zero-order chi connectivity index (χ0) is 12.8. The second-order valence-electron chi connectivity index (χ2n) is 4.18. The van der Waals surface area contributed by atoms with Crippen LogP contribution in [-0.2, 0) is 0 Å². The molecule has 2 N–H and O–H groups in total. The van der Waals surface area contributed by atoms with Crippen LogP contribution in [0, 0.1) is 5.82 Å². The van der Waals surface area contributed by atoms with E-state index in [0.717, 1.165) is 32.1 Å². The maximum absolute atomic E-state index is 13.3. The van der Waals surface area contributed by atoms with Crippen molar-refractivity contribution in [2.45, 2.75) is 12.8 Å². The third kappa shape index (κ3) is 3.37. The maximum Gasteiger partial charge on any atom is 0.254 e. The van der Waals surface area contributed by atoms with E-state index in [1.165, 1.54) is 17.8 Å². The summed E-state index contributed by atoms with van der Waals surface area (Å²) in [6.07, 6.45) is 6.43. The van der Waals surface area contributed by atoms with E-state index in [0.29, 0.717) is 6.54 Å². The normalized spacial score (nSPS) is 15.1. The largest absolute Gasteiger partial charge is 0.352 e. The standard InChI is InChI=1S/C13H16FN3O/c14-12-9-16-7-4-11(12)13(18)17-8-3-10-1-5-15-6-2-10/h1,4,7,9,15H,2-3,5-6,8H2,(H,17,18). The quantitative estimate of drug-likeness (QED) is 0.790. The van der Waals surface area contributed by atoms with Gasteiger partial charge in [-0.25, -0.2) is 4.39 Å². The smallest absolute Gasteiger partial charge is 0.254 e. The topological polar surface area (TPSA) is 54.0 Å². The van der Waals surface area contributed by atoms with Gasteiger partial charge in [-0.3, -0.25) is 9.78 Å². The molecule has 18 heavy (non-hydrogen) atoms. The Morgan fingerprint density at radius 1 is 1.56 bits per heavy atom. The molecule has 0 aromatic carbocycles. The Morgan fingerprint density at radius 3 is 3.17 bits per heavy atom. The van der Waals surface area contributed by atoms with Gasteiger partial charge in [0.05, 0.1) is 11.8 Å². The molecule has 0 radical (unpaired) electrons. The number of nitrogens with zero attached hydrogens (tertiary/aromatic N) is 1. The number of rotatable bonds is 4. The molecule has 0 fully saturated rings. The van der Waals surface area contributed by atoms with Crippen molar-refractivity contribution in [1.29, 1.82) is 0 Å². The molecule has 0 unspecified atom stereocenters. The Bertz CT molecular complexity index is 459. The van der Waals surface area contributed by atoms with Crippen molar-refractivity contribution in [2.24, 2.45) is 0 Å².